The standard InChI is InChI=1S/C6H7Cl2NS/c7-6(8)3-5(6)4-10-2-1-9/h5H,2-4H2. The van der Waals surface area contributed by atoms with Crippen LogP contribution >= 0.6 is 35.0 Å². The van der Waals surface area contributed by atoms with E-state index in [0.717, 1.165) is 12.2 Å². The Morgan fingerprint density at radius 3 is 2.70 bits per heavy atom. The molecule has 1 rings (SSSR count). The van der Waals surface area contributed by atoms with E-state index < -0.39 is 4.33 Å². The SMILES string of the molecule is N#CCSCC1CC1(Cl)Cl. The number of rotatable bonds is 3. The van der Waals surface area contributed by atoms with E-state index in [4.69, 9.17) is 28.5 Å². The van der Waals surface area contributed by atoms with Crippen molar-refractivity contribution in [1.82, 2.24) is 0 Å². The average molecular weight is 196 g/mol. The molecule has 0 radical (unpaired) electrons. The number of hydrogen-bond donors (Lipinski definition) is 0. The van der Waals surface area contributed by atoms with Crippen LogP contribution in [0.3, 0.4) is 0 Å². The van der Waals surface area contributed by atoms with E-state index in [1.165, 1.54) is 0 Å². The second-order valence-corrected chi connectivity index (χ2v) is 4.91. The van der Waals surface area contributed by atoms with Gasteiger partial charge in [0.2, 0.25) is 0 Å². The molecule has 1 unspecified atom stereocenters. The molecule has 0 spiro atoms. The first kappa shape index (κ1) is 8.52. The van der Waals surface area contributed by atoms with Crippen molar-refractivity contribution in [2.45, 2.75) is 10.8 Å². The van der Waals surface area contributed by atoms with E-state index in [9.17, 15) is 0 Å². The highest BCUT2D eigenvalue weighted by Gasteiger charge is 2.50. The Kier molecular flexibility index (Phi) is 2.74. The molecule has 0 heterocycles. The number of alkyl halides is 2. The number of halogens is 2. The predicted octanol–water partition coefficient (Wildman–Crippen LogP) is 2.44. The van der Waals surface area contributed by atoms with Crippen LogP contribution in [0.2, 0.25) is 0 Å². The van der Waals surface area contributed by atoms with Gasteiger partial charge in [-0.05, 0) is 6.42 Å². The van der Waals surface area contributed by atoms with Crippen LogP contribution in [0.15, 0.2) is 0 Å². The van der Waals surface area contributed by atoms with Gasteiger partial charge in [-0.2, -0.15) is 5.26 Å². The van der Waals surface area contributed by atoms with Gasteiger partial charge in [0.25, 0.3) is 0 Å². The van der Waals surface area contributed by atoms with Crippen molar-refractivity contribution in [3.8, 4) is 6.07 Å². The molecule has 0 amide bonds. The molecule has 4 heteroatoms. The van der Waals surface area contributed by atoms with Crippen LogP contribution in [0.5, 0.6) is 0 Å². The smallest absolute Gasteiger partial charge is 0.122 e. The fourth-order valence-corrected chi connectivity index (χ4v) is 2.30. The number of hydrogen-bond acceptors (Lipinski definition) is 2. The van der Waals surface area contributed by atoms with Gasteiger partial charge in [-0.15, -0.1) is 35.0 Å². The quantitative estimate of drug-likeness (QED) is 0.511. The van der Waals surface area contributed by atoms with Crippen molar-refractivity contribution in [3.05, 3.63) is 0 Å². The summed E-state index contributed by atoms with van der Waals surface area (Å²) in [5.74, 6) is 1.87. The summed E-state index contributed by atoms with van der Waals surface area (Å²) in [7, 11) is 0. The molecule has 1 atom stereocenters. The van der Waals surface area contributed by atoms with E-state index in [0.29, 0.717) is 11.7 Å². The van der Waals surface area contributed by atoms with E-state index in [1.54, 1.807) is 11.8 Å². The maximum Gasteiger partial charge on any atom is 0.122 e. The maximum atomic E-state index is 8.19. The zero-order valence-corrected chi connectivity index (χ0v) is 7.64. The third kappa shape index (κ3) is 2.23. The Morgan fingerprint density at radius 1 is 1.70 bits per heavy atom. The zero-order valence-electron chi connectivity index (χ0n) is 5.31. The fraction of sp³-hybridized carbons (Fsp3) is 0.833. The van der Waals surface area contributed by atoms with Gasteiger partial charge in [0.15, 0.2) is 0 Å². The molecule has 0 saturated heterocycles. The Labute approximate surface area is 74.7 Å². The van der Waals surface area contributed by atoms with Crippen LogP contribution in [0.25, 0.3) is 0 Å². The molecule has 0 bridgehead atoms. The normalized spacial score (nSPS) is 27.5. The average Bonchev–Trinajstić information content (AvgIpc) is 2.41. The second-order valence-electron chi connectivity index (χ2n) is 2.34. The lowest BCUT2D eigenvalue weighted by atomic mass is 10.5. The fourth-order valence-electron chi connectivity index (χ4n) is 0.697. The van der Waals surface area contributed by atoms with Crippen LogP contribution in [-0.2, 0) is 0 Å². The van der Waals surface area contributed by atoms with Gasteiger partial charge in [0.05, 0.1) is 11.8 Å². The zero-order chi connectivity index (χ0) is 7.61. The van der Waals surface area contributed by atoms with Crippen molar-refractivity contribution >= 4 is 35.0 Å². The third-order valence-corrected chi connectivity index (χ3v) is 3.34. The van der Waals surface area contributed by atoms with E-state index in [-0.39, 0.29) is 0 Å². The lowest BCUT2D eigenvalue weighted by Crippen LogP contribution is -1.93. The van der Waals surface area contributed by atoms with E-state index in [1.807, 2.05) is 0 Å². The Balaban J connectivity index is 2.03. The number of nitrogens with zero attached hydrogens (tertiary/aromatic N) is 1. The molecule has 1 fully saturated rings. The number of thioether (sulfide) groups is 1. The summed E-state index contributed by atoms with van der Waals surface area (Å²) >= 11 is 13.1. The molecule has 1 nitrogen and oxygen atoms in total. The summed E-state index contributed by atoms with van der Waals surface area (Å²) in [5, 5.41) is 8.19. The second kappa shape index (κ2) is 3.21. The summed E-state index contributed by atoms with van der Waals surface area (Å²) in [6.07, 6.45) is 0.883. The summed E-state index contributed by atoms with van der Waals surface area (Å²) in [5.41, 5.74) is 0. The van der Waals surface area contributed by atoms with Gasteiger partial charge in [-0.3, -0.25) is 0 Å². The highest BCUT2D eigenvalue weighted by molar-refractivity contribution is 7.99. The van der Waals surface area contributed by atoms with Crippen molar-refractivity contribution in [1.29, 1.82) is 5.26 Å². The van der Waals surface area contributed by atoms with Crippen molar-refractivity contribution < 1.29 is 0 Å². The lowest BCUT2D eigenvalue weighted by Gasteiger charge is -1.95. The molecule has 1 aliphatic carbocycles. The van der Waals surface area contributed by atoms with Gasteiger partial charge < -0.3 is 0 Å². The van der Waals surface area contributed by atoms with Gasteiger partial charge in [-0.1, -0.05) is 0 Å². The van der Waals surface area contributed by atoms with Crippen molar-refractivity contribution in [2.24, 2.45) is 5.92 Å². The highest BCUT2D eigenvalue weighted by Crippen LogP contribution is 2.54. The minimum atomic E-state index is -0.470. The summed E-state index contributed by atoms with van der Waals surface area (Å²) < 4.78 is -0.470. The summed E-state index contributed by atoms with van der Waals surface area (Å²) in [6.45, 7) is 0. The molecular formula is C6H7Cl2NS. The topological polar surface area (TPSA) is 23.8 Å². The molecule has 0 aromatic rings. The highest BCUT2D eigenvalue weighted by atomic mass is 35.5. The Hall–Kier alpha value is 0.420. The first-order chi connectivity index (χ1) is 4.67. The Bertz CT molecular complexity index is 164. The lowest BCUT2D eigenvalue weighted by molar-refractivity contribution is 0.981. The largest absolute Gasteiger partial charge is 0.197 e. The first-order valence-corrected chi connectivity index (χ1v) is 4.90. The van der Waals surface area contributed by atoms with E-state index in [2.05, 4.69) is 6.07 Å². The minimum Gasteiger partial charge on any atom is -0.197 e. The molecule has 1 saturated carbocycles. The maximum absolute atomic E-state index is 8.19. The molecule has 0 aliphatic heterocycles. The molecule has 0 N–H and O–H groups in total. The van der Waals surface area contributed by atoms with Gasteiger partial charge in [0, 0.05) is 11.7 Å². The van der Waals surface area contributed by atoms with Crippen LogP contribution in [0.1, 0.15) is 6.42 Å². The predicted molar refractivity (Wildman–Crippen MR) is 45.5 cm³/mol. The van der Waals surface area contributed by atoms with Crippen molar-refractivity contribution in [2.75, 3.05) is 11.5 Å². The van der Waals surface area contributed by atoms with Crippen LogP contribution in [-0.4, -0.2) is 15.8 Å². The Morgan fingerprint density at radius 2 is 2.30 bits per heavy atom. The molecule has 56 valence electrons. The molecule has 10 heavy (non-hydrogen) atoms. The van der Waals surface area contributed by atoms with Gasteiger partial charge in [-0.25, -0.2) is 0 Å². The molecular weight excluding hydrogens is 189 g/mol. The van der Waals surface area contributed by atoms with Crippen molar-refractivity contribution in [3.63, 3.8) is 0 Å². The van der Waals surface area contributed by atoms with Crippen LogP contribution < -0.4 is 0 Å². The van der Waals surface area contributed by atoms with Crippen LogP contribution in [0, 0.1) is 17.2 Å². The molecule has 0 aromatic heterocycles. The molecule has 1 aliphatic rings. The molecule has 0 aromatic carbocycles. The number of nitriles is 1. The van der Waals surface area contributed by atoms with E-state index >= 15 is 0 Å². The monoisotopic (exact) mass is 195 g/mol. The van der Waals surface area contributed by atoms with Crippen LogP contribution in [0.4, 0.5) is 0 Å². The summed E-state index contributed by atoms with van der Waals surface area (Å²) in [4.78, 5) is 0. The third-order valence-electron chi connectivity index (χ3n) is 1.44. The van der Waals surface area contributed by atoms with Gasteiger partial charge in [0.1, 0.15) is 4.33 Å². The minimum absolute atomic E-state index is 0.411. The first-order valence-electron chi connectivity index (χ1n) is 2.99. The van der Waals surface area contributed by atoms with Gasteiger partial charge >= 0.3 is 0 Å². The summed E-state index contributed by atoms with van der Waals surface area (Å²) in [6, 6.07) is 2.05.